The van der Waals surface area contributed by atoms with E-state index in [-0.39, 0.29) is 11.9 Å². The van der Waals surface area contributed by atoms with Crippen molar-refractivity contribution in [2.75, 3.05) is 45.2 Å². The average Bonchev–Trinajstić information content (AvgIpc) is 3.56. The van der Waals surface area contributed by atoms with Crippen molar-refractivity contribution in [2.24, 2.45) is 13.0 Å². The molecule has 1 aliphatic heterocycles. The molecule has 11 heteroatoms. The fraction of sp³-hybridized carbons (Fsp3) is 0.429. The Morgan fingerprint density at radius 2 is 1.82 bits per heavy atom. The fourth-order valence-electron chi connectivity index (χ4n) is 5.05. The van der Waals surface area contributed by atoms with Gasteiger partial charge >= 0.3 is 0 Å². The van der Waals surface area contributed by atoms with E-state index in [0.717, 1.165) is 36.5 Å². The number of carbonyl (C=O) groups excluding carboxylic acids is 1. The van der Waals surface area contributed by atoms with E-state index in [0.29, 0.717) is 41.5 Å². The molecule has 1 fully saturated rings. The molecule has 0 radical (unpaired) electrons. The lowest BCUT2D eigenvalue weighted by molar-refractivity contribution is -0.137. The van der Waals surface area contributed by atoms with E-state index in [1.54, 1.807) is 34.0 Å². The molecule has 0 N–H and O–H groups in total. The second kappa shape index (κ2) is 10.8. The summed E-state index contributed by atoms with van der Waals surface area (Å²) in [6, 6.07) is 6.08. The Balaban J connectivity index is 1.36. The SMILES string of the molecule is CC(C)CC(C(=O)N1CCN(c2ccc(-c3nc(-c4cnn(C)c4)cn4ncc(C#N)c34)cn2)CC1)N(C)C. The third-order valence-corrected chi connectivity index (χ3v) is 7.16. The molecule has 1 aliphatic rings. The predicted octanol–water partition coefficient (Wildman–Crippen LogP) is 2.69. The standard InChI is InChI=1S/C28H34N10O/c1-19(2)12-24(34(3)4)28(39)37-10-8-36(9-11-37)25-7-6-20(14-30-25)26-27-21(13-29)15-32-38(27)18-23(33-26)22-16-31-35(5)17-22/h6-7,14-19,24H,8-12H2,1-5H3. The number of hydrogen-bond donors (Lipinski definition) is 0. The van der Waals surface area contributed by atoms with Gasteiger partial charge in [0.25, 0.3) is 0 Å². The number of aryl methyl sites for hydroxylation is 1. The molecule has 4 aromatic rings. The predicted molar refractivity (Wildman–Crippen MR) is 149 cm³/mol. The summed E-state index contributed by atoms with van der Waals surface area (Å²) in [6.45, 7) is 7.09. The van der Waals surface area contributed by atoms with E-state index in [1.165, 1.54) is 0 Å². The van der Waals surface area contributed by atoms with E-state index in [2.05, 4.69) is 35.0 Å². The first-order valence-corrected chi connectivity index (χ1v) is 13.2. The van der Waals surface area contributed by atoms with E-state index in [4.69, 9.17) is 9.97 Å². The van der Waals surface area contributed by atoms with Crippen molar-refractivity contribution >= 4 is 17.2 Å². The van der Waals surface area contributed by atoms with Crippen molar-refractivity contribution in [3.63, 3.8) is 0 Å². The topological polar surface area (TPSA) is 111 Å². The van der Waals surface area contributed by atoms with Gasteiger partial charge in [0.05, 0.1) is 36.0 Å². The fourth-order valence-corrected chi connectivity index (χ4v) is 5.05. The Kier molecular flexibility index (Phi) is 7.30. The van der Waals surface area contributed by atoms with Crippen LogP contribution < -0.4 is 4.90 Å². The van der Waals surface area contributed by atoms with Crippen molar-refractivity contribution in [1.29, 1.82) is 5.26 Å². The number of anilines is 1. The number of hydrogen-bond acceptors (Lipinski definition) is 8. The molecule has 202 valence electrons. The van der Waals surface area contributed by atoms with Crippen LogP contribution in [-0.4, -0.2) is 91.4 Å². The zero-order valence-electron chi connectivity index (χ0n) is 23.1. The van der Waals surface area contributed by atoms with E-state index < -0.39 is 0 Å². The van der Waals surface area contributed by atoms with Crippen molar-refractivity contribution < 1.29 is 4.79 Å². The van der Waals surface area contributed by atoms with Crippen LogP contribution in [0.4, 0.5) is 5.82 Å². The van der Waals surface area contributed by atoms with Gasteiger partial charge in [0.15, 0.2) is 0 Å². The largest absolute Gasteiger partial charge is 0.353 e. The third kappa shape index (κ3) is 5.33. The third-order valence-electron chi connectivity index (χ3n) is 7.16. The maximum Gasteiger partial charge on any atom is 0.240 e. The van der Waals surface area contributed by atoms with Crippen LogP contribution in [0.5, 0.6) is 0 Å². The number of likely N-dealkylation sites (N-methyl/N-ethyl adjacent to an activating group) is 1. The van der Waals surface area contributed by atoms with Gasteiger partial charge in [-0.1, -0.05) is 13.8 Å². The molecule has 1 unspecified atom stereocenters. The summed E-state index contributed by atoms with van der Waals surface area (Å²) in [5.74, 6) is 1.51. The Labute approximate surface area is 228 Å². The average molecular weight is 527 g/mol. The number of fused-ring (bicyclic) bond motifs is 1. The molecule has 5 heterocycles. The lowest BCUT2D eigenvalue weighted by atomic mass is 10.0. The van der Waals surface area contributed by atoms with Crippen molar-refractivity contribution in [1.82, 2.24) is 39.2 Å². The summed E-state index contributed by atoms with van der Waals surface area (Å²) in [4.78, 5) is 29.0. The Bertz CT molecular complexity index is 1500. The molecule has 1 amide bonds. The van der Waals surface area contributed by atoms with Crippen LogP contribution >= 0.6 is 0 Å². The Hall–Kier alpha value is -4.30. The normalized spacial score (nSPS) is 14.8. The molecule has 0 saturated carbocycles. The first-order valence-electron chi connectivity index (χ1n) is 13.2. The van der Waals surface area contributed by atoms with Gasteiger partial charge in [0.1, 0.15) is 23.0 Å². The number of carbonyl (C=O) groups is 1. The quantitative estimate of drug-likeness (QED) is 0.361. The highest BCUT2D eigenvalue weighted by Gasteiger charge is 2.29. The van der Waals surface area contributed by atoms with Gasteiger partial charge in [-0.25, -0.2) is 14.5 Å². The molecule has 0 aliphatic carbocycles. The minimum atomic E-state index is -0.0948. The highest BCUT2D eigenvalue weighted by Crippen LogP contribution is 2.29. The Morgan fingerprint density at radius 3 is 2.41 bits per heavy atom. The molecular formula is C28H34N10O. The van der Waals surface area contributed by atoms with Crippen LogP contribution in [0.3, 0.4) is 0 Å². The van der Waals surface area contributed by atoms with Crippen LogP contribution in [0.2, 0.25) is 0 Å². The van der Waals surface area contributed by atoms with Gasteiger partial charge in [-0.3, -0.25) is 14.4 Å². The van der Waals surface area contributed by atoms with Crippen molar-refractivity contribution in [2.45, 2.75) is 26.3 Å². The summed E-state index contributed by atoms with van der Waals surface area (Å²) >= 11 is 0. The van der Waals surface area contributed by atoms with Gasteiger partial charge in [-0.05, 0) is 38.6 Å². The second-order valence-electron chi connectivity index (χ2n) is 10.7. The summed E-state index contributed by atoms with van der Waals surface area (Å²) in [5.41, 5.74) is 4.09. The number of pyridine rings is 1. The first-order chi connectivity index (χ1) is 18.7. The lowest BCUT2D eigenvalue weighted by Gasteiger charge is -2.38. The van der Waals surface area contributed by atoms with E-state index in [9.17, 15) is 10.1 Å². The highest BCUT2D eigenvalue weighted by atomic mass is 16.2. The maximum atomic E-state index is 13.2. The van der Waals surface area contributed by atoms with E-state index in [1.807, 2.05) is 49.3 Å². The monoisotopic (exact) mass is 526 g/mol. The number of nitriles is 1. The van der Waals surface area contributed by atoms with Crippen LogP contribution in [0, 0.1) is 17.2 Å². The molecule has 1 atom stereocenters. The summed E-state index contributed by atoms with van der Waals surface area (Å²) < 4.78 is 3.41. The van der Waals surface area contributed by atoms with Crippen LogP contribution in [0.15, 0.2) is 43.1 Å². The summed E-state index contributed by atoms with van der Waals surface area (Å²) in [7, 11) is 5.81. The molecular weight excluding hydrogens is 492 g/mol. The van der Waals surface area contributed by atoms with Crippen molar-refractivity contribution in [3.05, 3.63) is 48.7 Å². The number of nitrogens with zero attached hydrogens (tertiary/aromatic N) is 10. The number of amides is 1. The molecule has 0 aromatic carbocycles. The molecule has 11 nitrogen and oxygen atoms in total. The van der Waals surface area contributed by atoms with Gasteiger partial charge in [-0.15, -0.1) is 0 Å². The zero-order chi connectivity index (χ0) is 27.7. The molecule has 0 spiro atoms. The summed E-state index contributed by atoms with van der Waals surface area (Å²) in [5, 5.41) is 18.3. The minimum Gasteiger partial charge on any atom is -0.353 e. The summed E-state index contributed by atoms with van der Waals surface area (Å²) in [6.07, 6.45) is 9.65. The number of piperazine rings is 1. The minimum absolute atomic E-state index is 0.0948. The second-order valence-corrected chi connectivity index (χ2v) is 10.7. The lowest BCUT2D eigenvalue weighted by Crippen LogP contribution is -2.54. The van der Waals surface area contributed by atoms with Gasteiger partial charge < -0.3 is 9.80 Å². The maximum absolute atomic E-state index is 13.2. The molecule has 4 aromatic heterocycles. The number of aromatic nitrogens is 6. The highest BCUT2D eigenvalue weighted by molar-refractivity contribution is 5.83. The van der Waals surface area contributed by atoms with Crippen LogP contribution in [0.1, 0.15) is 25.8 Å². The van der Waals surface area contributed by atoms with Gasteiger partial charge in [-0.2, -0.15) is 15.5 Å². The molecule has 0 bridgehead atoms. The van der Waals surface area contributed by atoms with Gasteiger partial charge in [0.2, 0.25) is 5.91 Å². The molecule has 39 heavy (non-hydrogen) atoms. The van der Waals surface area contributed by atoms with Crippen LogP contribution in [0.25, 0.3) is 28.0 Å². The number of rotatable bonds is 7. The first kappa shape index (κ1) is 26.3. The molecule has 1 saturated heterocycles. The van der Waals surface area contributed by atoms with Gasteiger partial charge in [0, 0.05) is 56.7 Å². The zero-order valence-corrected chi connectivity index (χ0v) is 23.1. The van der Waals surface area contributed by atoms with Crippen molar-refractivity contribution in [3.8, 4) is 28.6 Å². The molecule has 5 rings (SSSR count). The van der Waals surface area contributed by atoms with E-state index >= 15 is 0 Å². The van der Waals surface area contributed by atoms with Crippen LogP contribution in [-0.2, 0) is 11.8 Å². The Morgan fingerprint density at radius 1 is 1.05 bits per heavy atom. The smallest absolute Gasteiger partial charge is 0.240 e.